The van der Waals surface area contributed by atoms with Crippen molar-refractivity contribution in [3.8, 4) is 0 Å². The SMILES string of the molecule is Cc1cccc(CN2CCN(C(=O)CCC(C)C)CC2)c1. The van der Waals surface area contributed by atoms with E-state index >= 15 is 0 Å². The summed E-state index contributed by atoms with van der Waals surface area (Å²) in [6.45, 7) is 11.2. The predicted molar refractivity (Wildman–Crippen MR) is 87.1 cm³/mol. The standard InChI is InChI=1S/C18H28N2O/c1-15(2)7-8-18(21)20-11-9-19(10-12-20)14-17-6-4-5-16(3)13-17/h4-6,13,15H,7-12,14H2,1-3H3. The first-order chi connectivity index (χ1) is 10.0. The summed E-state index contributed by atoms with van der Waals surface area (Å²) < 4.78 is 0. The van der Waals surface area contributed by atoms with E-state index in [1.807, 2.05) is 4.90 Å². The van der Waals surface area contributed by atoms with Crippen LogP contribution in [-0.4, -0.2) is 41.9 Å². The molecule has 0 saturated carbocycles. The van der Waals surface area contributed by atoms with Gasteiger partial charge < -0.3 is 4.90 Å². The number of hydrogen-bond acceptors (Lipinski definition) is 2. The van der Waals surface area contributed by atoms with E-state index in [1.54, 1.807) is 0 Å². The highest BCUT2D eigenvalue weighted by atomic mass is 16.2. The van der Waals surface area contributed by atoms with E-state index in [-0.39, 0.29) is 0 Å². The van der Waals surface area contributed by atoms with Gasteiger partial charge in [0.1, 0.15) is 0 Å². The molecular weight excluding hydrogens is 260 g/mol. The van der Waals surface area contributed by atoms with Gasteiger partial charge in [-0.2, -0.15) is 0 Å². The largest absolute Gasteiger partial charge is 0.340 e. The highest BCUT2D eigenvalue weighted by molar-refractivity contribution is 5.76. The fraction of sp³-hybridized carbons (Fsp3) is 0.611. The summed E-state index contributed by atoms with van der Waals surface area (Å²) in [6, 6.07) is 8.69. The van der Waals surface area contributed by atoms with Crippen molar-refractivity contribution in [1.82, 2.24) is 9.80 Å². The Balaban J connectivity index is 1.76. The molecule has 0 radical (unpaired) electrons. The second kappa shape index (κ2) is 7.60. The molecule has 3 heteroatoms. The number of piperazine rings is 1. The van der Waals surface area contributed by atoms with Crippen LogP contribution in [0.4, 0.5) is 0 Å². The van der Waals surface area contributed by atoms with Crippen molar-refractivity contribution in [3.63, 3.8) is 0 Å². The van der Waals surface area contributed by atoms with E-state index < -0.39 is 0 Å². The van der Waals surface area contributed by atoms with Gasteiger partial charge in [-0.1, -0.05) is 43.7 Å². The maximum absolute atomic E-state index is 12.1. The highest BCUT2D eigenvalue weighted by Crippen LogP contribution is 2.12. The smallest absolute Gasteiger partial charge is 0.222 e. The number of rotatable bonds is 5. The first-order valence-electron chi connectivity index (χ1n) is 8.10. The zero-order valence-electron chi connectivity index (χ0n) is 13.6. The van der Waals surface area contributed by atoms with Gasteiger partial charge in [-0.05, 0) is 24.8 Å². The van der Waals surface area contributed by atoms with E-state index in [9.17, 15) is 4.79 Å². The van der Waals surface area contributed by atoms with Gasteiger partial charge in [0.05, 0.1) is 0 Å². The molecule has 1 fully saturated rings. The Morgan fingerprint density at radius 2 is 1.90 bits per heavy atom. The van der Waals surface area contributed by atoms with Gasteiger partial charge in [0.15, 0.2) is 0 Å². The molecule has 116 valence electrons. The van der Waals surface area contributed by atoms with Gasteiger partial charge in [-0.3, -0.25) is 9.69 Å². The molecule has 1 saturated heterocycles. The van der Waals surface area contributed by atoms with Crippen LogP contribution >= 0.6 is 0 Å². The molecule has 1 aliphatic rings. The molecule has 3 nitrogen and oxygen atoms in total. The maximum Gasteiger partial charge on any atom is 0.222 e. The number of amides is 1. The van der Waals surface area contributed by atoms with E-state index in [0.29, 0.717) is 18.2 Å². The third-order valence-electron chi connectivity index (χ3n) is 4.15. The van der Waals surface area contributed by atoms with Gasteiger partial charge in [-0.15, -0.1) is 0 Å². The molecule has 0 N–H and O–H groups in total. The van der Waals surface area contributed by atoms with Crippen LogP contribution in [0, 0.1) is 12.8 Å². The summed E-state index contributed by atoms with van der Waals surface area (Å²) in [5, 5.41) is 0. The molecule has 2 rings (SSSR count). The minimum atomic E-state index is 0.332. The molecule has 0 bridgehead atoms. The van der Waals surface area contributed by atoms with Gasteiger partial charge in [-0.25, -0.2) is 0 Å². The van der Waals surface area contributed by atoms with Crippen molar-refractivity contribution < 1.29 is 4.79 Å². The Hall–Kier alpha value is -1.35. The molecule has 21 heavy (non-hydrogen) atoms. The van der Waals surface area contributed by atoms with E-state index in [0.717, 1.165) is 39.1 Å². The molecule has 1 amide bonds. The van der Waals surface area contributed by atoms with Crippen LogP contribution in [0.25, 0.3) is 0 Å². The van der Waals surface area contributed by atoms with E-state index in [4.69, 9.17) is 0 Å². The molecule has 1 aromatic carbocycles. The van der Waals surface area contributed by atoms with Crippen molar-refractivity contribution >= 4 is 5.91 Å². The summed E-state index contributed by atoms with van der Waals surface area (Å²) in [6.07, 6.45) is 1.71. The third kappa shape index (κ3) is 5.16. The topological polar surface area (TPSA) is 23.6 Å². The van der Waals surface area contributed by atoms with Crippen molar-refractivity contribution in [1.29, 1.82) is 0 Å². The van der Waals surface area contributed by atoms with Gasteiger partial charge in [0.25, 0.3) is 0 Å². The number of nitrogens with zero attached hydrogens (tertiary/aromatic N) is 2. The highest BCUT2D eigenvalue weighted by Gasteiger charge is 2.20. The number of benzene rings is 1. The molecule has 1 aliphatic heterocycles. The fourth-order valence-corrected chi connectivity index (χ4v) is 2.79. The summed E-state index contributed by atoms with van der Waals surface area (Å²) in [5.41, 5.74) is 2.68. The molecule has 1 heterocycles. The van der Waals surface area contributed by atoms with Crippen LogP contribution in [0.5, 0.6) is 0 Å². The molecular formula is C18H28N2O. The Labute approximate surface area is 128 Å². The van der Waals surface area contributed by atoms with Crippen molar-refractivity contribution in [2.75, 3.05) is 26.2 Å². The fourth-order valence-electron chi connectivity index (χ4n) is 2.79. The second-order valence-corrected chi connectivity index (χ2v) is 6.58. The zero-order valence-corrected chi connectivity index (χ0v) is 13.6. The molecule has 0 atom stereocenters. The van der Waals surface area contributed by atoms with Crippen LogP contribution in [0.3, 0.4) is 0 Å². The minimum Gasteiger partial charge on any atom is -0.340 e. The second-order valence-electron chi connectivity index (χ2n) is 6.58. The normalized spacial score (nSPS) is 16.5. The Kier molecular flexibility index (Phi) is 5.80. The van der Waals surface area contributed by atoms with E-state index in [1.165, 1.54) is 11.1 Å². The molecule has 0 spiro atoms. The lowest BCUT2D eigenvalue weighted by molar-refractivity contribution is -0.133. The Bertz CT molecular complexity index is 462. The van der Waals surface area contributed by atoms with Gasteiger partial charge >= 0.3 is 0 Å². The summed E-state index contributed by atoms with van der Waals surface area (Å²) in [7, 11) is 0. The van der Waals surface area contributed by atoms with Gasteiger partial charge in [0.2, 0.25) is 5.91 Å². The van der Waals surface area contributed by atoms with Crippen molar-refractivity contribution in [2.24, 2.45) is 5.92 Å². The predicted octanol–water partition coefficient (Wildman–Crippen LogP) is 3.08. The first-order valence-corrected chi connectivity index (χ1v) is 8.10. The zero-order chi connectivity index (χ0) is 15.2. The number of aryl methyl sites for hydroxylation is 1. The van der Waals surface area contributed by atoms with Crippen LogP contribution in [-0.2, 0) is 11.3 Å². The van der Waals surface area contributed by atoms with Crippen LogP contribution in [0.1, 0.15) is 37.8 Å². The van der Waals surface area contributed by atoms with Gasteiger partial charge in [0, 0.05) is 39.1 Å². The summed E-state index contributed by atoms with van der Waals surface area (Å²) >= 11 is 0. The lowest BCUT2D eigenvalue weighted by atomic mass is 10.1. The first kappa shape index (κ1) is 16.0. The maximum atomic E-state index is 12.1. The molecule has 0 aliphatic carbocycles. The van der Waals surface area contributed by atoms with Crippen molar-refractivity contribution in [2.45, 2.75) is 40.2 Å². The molecule has 0 aromatic heterocycles. The van der Waals surface area contributed by atoms with Crippen LogP contribution in [0.15, 0.2) is 24.3 Å². The summed E-state index contributed by atoms with van der Waals surface area (Å²) in [5.74, 6) is 0.940. The minimum absolute atomic E-state index is 0.332. The van der Waals surface area contributed by atoms with E-state index in [2.05, 4.69) is 49.9 Å². The monoisotopic (exact) mass is 288 g/mol. The number of carbonyl (C=O) groups is 1. The average Bonchev–Trinajstić information content (AvgIpc) is 2.45. The Morgan fingerprint density at radius 3 is 2.52 bits per heavy atom. The van der Waals surface area contributed by atoms with Crippen LogP contribution < -0.4 is 0 Å². The Morgan fingerprint density at radius 1 is 1.19 bits per heavy atom. The van der Waals surface area contributed by atoms with Crippen LogP contribution in [0.2, 0.25) is 0 Å². The quantitative estimate of drug-likeness (QED) is 0.831. The lowest BCUT2D eigenvalue weighted by Crippen LogP contribution is -2.48. The molecule has 0 unspecified atom stereocenters. The van der Waals surface area contributed by atoms with Crippen molar-refractivity contribution in [3.05, 3.63) is 35.4 Å². The lowest BCUT2D eigenvalue weighted by Gasteiger charge is -2.35. The molecule has 1 aromatic rings. The number of hydrogen-bond donors (Lipinski definition) is 0. The third-order valence-corrected chi connectivity index (χ3v) is 4.15. The average molecular weight is 288 g/mol. The number of carbonyl (C=O) groups excluding carboxylic acids is 1. The summed E-state index contributed by atoms with van der Waals surface area (Å²) in [4.78, 5) is 16.6.